The van der Waals surface area contributed by atoms with Crippen molar-refractivity contribution in [1.29, 1.82) is 0 Å². The van der Waals surface area contributed by atoms with Crippen LogP contribution in [0.4, 0.5) is 0 Å². The highest BCUT2D eigenvalue weighted by molar-refractivity contribution is 6.48. The van der Waals surface area contributed by atoms with Crippen LogP contribution in [0.15, 0.2) is 6.07 Å². The first-order chi connectivity index (χ1) is 9.70. The zero-order chi connectivity index (χ0) is 16.3. The van der Waals surface area contributed by atoms with Crippen molar-refractivity contribution in [2.24, 2.45) is 17.6 Å². The van der Waals surface area contributed by atoms with Crippen LogP contribution in [-0.2, 0) is 4.79 Å². The Bertz CT molecular complexity index is 510. The smallest absolute Gasteiger partial charge is 0.307 e. The Hall–Kier alpha value is -0.190. The van der Waals surface area contributed by atoms with Gasteiger partial charge in [-0.25, -0.2) is 0 Å². The maximum atomic E-state index is 11.1. The second-order valence-electron chi connectivity index (χ2n) is 5.15. The topological polar surface area (TPSA) is 63.3 Å². The lowest BCUT2D eigenvalue weighted by Crippen LogP contribution is -2.26. The molecule has 118 valence electrons. The first kappa shape index (κ1) is 18.9. The minimum atomic E-state index is -0.905. The number of hydrogen-bond acceptors (Lipinski definition) is 2. The molecule has 0 aliphatic carbocycles. The average Bonchev–Trinajstić information content (AvgIpc) is 2.42. The van der Waals surface area contributed by atoms with Gasteiger partial charge in [0.05, 0.1) is 26.0 Å². The molecule has 0 saturated carbocycles. The molecule has 0 bridgehead atoms. The van der Waals surface area contributed by atoms with Crippen molar-refractivity contribution in [3.63, 3.8) is 0 Å². The predicted octanol–water partition coefficient (Wildman–Crippen LogP) is 5.09. The summed E-state index contributed by atoms with van der Waals surface area (Å²) in [5, 5.41) is 10.5. The summed E-state index contributed by atoms with van der Waals surface area (Å²) < 4.78 is 0. The standard InChI is InChI=1S/C14H17Cl4NO2/c1-6(3-8(5-19)14(20)21)7(2)11-12(17)9(15)4-10(16)13(11)18/h4,6-8H,3,5,19H2,1-2H3,(H,20,21). The normalized spacial score (nSPS) is 15.6. The number of hydrogen-bond donors (Lipinski definition) is 2. The maximum absolute atomic E-state index is 11.1. The van der Waals surface area contributed by atoms with Crippen molar-refractivity contribution in [3.8, 4) is 0 Å². The zero-order valence-corrected chi connectivity index (χ0v) is 14.7. The molecule has 0 spiro atoms. The van der Waals surface area contributed by atoms with Gasteiger partial charge in [0.25, 0.3) is 0 Å². The fourth-order valence-electron chi connectivity index (χ4n) is 2.23. The summed E-state index contributed by atoms with van der Waals surface area (Å²) in [6.07, 6.45) is 0.420. The first-order valence-electron chi connectivity index (χ1n) is 6.46. The van der Waals surface area contributed by atoms with Gasteiger partial charge in [-0.1, -0.05) is 60.3 Å². The number of carbonyl (C=O) groups is 1. The number of rotatable bonds is 6. The molecule has 1 aromatic rings. The Balaban J connectivity index is 3.08. The van der Waals surface area contributed by atoms with E-state index in [0.717, 1.165) is 0 Å². The van der Waals surface area contributed by atoms with Crippen molar-refractivity contribution in [2.75, 3.05) is 6.54 Å². The summed E-state index contributed by atoms with van der Waals surface area (Å²) in [5.41, 5.74) is 6.14. The second-order valence-corrected chi connectivity index (χ2v) is 6.72. The lowest BCUT2D eigenvalue weighted by Gasteiger charge is -2.25. The Morgan fingerprint density at radius 1 is 1.19 bits per heavy atom. The van der Waals surface area contributed by atoms with Crippen LogP contribution in [0.25, 0.3) is 0 Å². The van der Waals surface area contributed by atoms with Crippen LogP contribution in [0, 0.1) is 11.8 Å². The molecular formula is C14H17Cl4NO2. The van der Waals surface area contributed by atoms with Crippen molar-refractivity contribution in [1.82, 2.24) is 0 Å². The predicted molar refractivity (Wildman–Crippen MR) is 88.9 cm³/mol. The SMILES string of the molecule is CC(CC(CN)C(=O)O)C(C)c1c(Cl)c(Cl)cc(Cl)c1Cl. The van der Waals surface area contributed by atoms with Gasteiger partial charge < -0.3 is 10.8 Å². The van der Waals surface area contributed by atoms with Crippen molar-refractivity contribution in [3.05, 3.63) is 31.7 Å². The Morgan fingerprint density at radius 2 is 1.67 bits per heavy atom. The highest BCUT2D eigenvalue weighted by Gasteiger charge is 2.27. The number of nitrogens with two attached hydrogens (primary N) is 1. The van der Waals surface area contributed by atoms with Gasteiger partial charge in [0.1, 0.15) is 0 Å². The number of carboxylic acids is 1. The van der Waals surface area contributed by atoms with E-state index in [1.165, 1.54) is 6.07 Å². The summed E-state index contributed by atoms with van der Waals surface area (Å²) in [6, 6.07) is 1.49. The Kier molecular flexibility index (Phi) is 7.08. The number of benzene rings is 1. The molecule has 0 aromatic heterocycles. The molecule has 7 heteroatoms. The summed E-state index contributed by atoms with van der Waals surface area (Å²) in [6.45, 7) is 3.93. The largest absolute Gasteiger partial charge is 0.481 e. The number of carboxylic acid groups (broad SMARTS) is 1. The molecule has 21 heavy (non-hydrogen) atoms. The Morgan fingerprint density at radius 3 is 2.05 bits per heavy atom. The molecule has 3 nitrogen and oxygen atoms in total. The molecule has 0 saturated heterocycles. The summed E-state index contributed by atoms with van der Waals surface area (Å²) in [5.74, 6) is -1.61. The van der Waals surface area contributed by atoms with Crippen LogP contribution in [0.1, 0.15) is 31.7 Å². The van der Waals surface area contributed by atoms with E-state index in [0.29, 0.717) is 32.1 Å². The van der Waals surface area contributed by atoms with E-state index < -0.39 is 11.9 Å². The molecule has 3 N–H and O–H groups in total. The van der Waals surface area contributed by atoms with Crippen LogP contribution < -0.4 is 5.73 Å². The third-order valence-corrected chi connectivity index (χ3v) is 5.35. The van der Waals surface area contributed by atoms with Crippen LogP contribution in [0.3, 0.4) is 0 Å². The molecule has 0 heterocycles. The highest BCUT2D eigenvalue weighted by atomic mass is 35.5. The number of aliphatic carboxylic acids is 1. The third kappa shape index (κ3) is 4.40. The molecule has 0 radical (unpaired) electrons. The van der Waals surface area contributed by atoms with Gasteiger partial charge in [-0.15, -0.1) is 0 Å². The molecule has 0 amide bonds. The molecule has 1 aromatic carbocycles. The van der Waals surface area contributed by atoms with E-state index in [2.05, 4.69) is 0 Å². The molecule has 1 rings (SSSR count). The van der Waals surface area contributed by atoms with Gasteiger partial charge in [0.15, 0.2) is 0 Å². The van der Waals surface area contributed by atoms with Crippen molar-refractivity contribution < 1.29 is 9.90 Å². The van der Waals surface area contributed by atoms with E-state index >= 15 is 0 Å². The minimum Gasteiger partial charge on any atom is -0.481 e. The summed E-state index contributed by atoms with van der Waals surface area (Å²) >= 11 is 24.5. The van der Waals surface area contributed by atoms with Crippen molar-refractivity contribution in [2.45, 2.75) is 26.2 Å². The second kappa shape index (κ2) is 7.89. The summed E-state index contributed by atoms with van der Waals surface area (Å²) in [4.78, 5) is 11.1. The van der Waals surface area contributed by atoms with Gasteiger partial charge in [-0.3, -0.25) is 4.79 Å². The fraction of sp³-hybridized carbons (Fsp3) is 0.500. The number of halogens is 4. The van der Waals surface area contributed by atoms with Gasteiger partial charge >= 0.3 is 5.97 Å². The van der Waals surface area contributed by atoms with E-state index in [9.17, 15) is 4.79 Å². The molecule has 0 aliphatic heterocycles. The van der Waals surface area contributed by atoms with Crippen molar-refractivity contribution >= 4 is 52.4 Å². The van der Waals surface area contributed by atoms with Gasteiger partial charge in [-0.05, 0) is 29.9 Å². The summed E-state index contributed by atoms with van der Waals surface area (Å²) in [7, 11) is 0. The van der Waals surface area contributed by atoms with E-state index in [4.69, 9.17) is 57.2 Å². The van der Waals surface area contributed by atoms with Crippen LogP contribution in [-0.4, -0.2) is 17.6 Å². The first-order valence-corrected chi connectivity index (χ1v) is 7.97. The highest BCUT2D eigenvalue weighted by Crippen LogP contribution is 2.44. The molecule has 0 fully saturated rings. The minimum absolute atomic E-state index is 0.000756. The van der Waals surface area contributed by atoms with Crippen LogP contribution >= 0.6 is 46.4 Å². The maximum Gasteiger partial charge on any atom is 0.307 e. The van der Waals surface area contributed by atoms with E-state index in [1.807, 2.05) is 13.8 Å². The molecular weight excluding hydrogens is 356 g/mol. The quantitative estimate of drug-likeness (QED) is 0.683. The Labute approximate surface area is 144 Å². The van der Waals surface area contributed by atoms with Crippen LogP contribution in [0.2, 0.25) is 20.1 Å². The lowest BCUT2D eigenvalue weighted by atomic mass is 9.82. The van der Waals surface area contributed by atoms with E-state index in [-0.39, 0.29) is 18.4 Å². The van der Waals surface area contributed by atoms with Gasteiger partial charge in [0.2, 0.25) is 0 Å². The van der Waals surface area contributed by atoms with Gasteiger partial charge in [-0.2, -0.15) is 0 Å². The molecule has 3 atom stereocenters. The fourth-order valence-corrected chi connectivity index (χ4v) is 3.40. The van der Waals surface area contributed by atoms with E-state index in [1.54, 1.807) is 0 Å². The average molecular weight is 373 g/mol. The third-order valence-electron chi connectivity index (χ3n) is 3.74. The van der Waals surface area contributed by atoms with Gasteiger partial charge in [0, 0.05) is 6.54 Å². The molecule has 3 unspecified atom stereocenters. The molecule has 0 aliphatic rings. The van der Waals surface area contributed by atoms with Crippen LogP contribution in [0.5, 0.6) is 0 Å². The lowest BCUT2D eigenvalue weighted by molar-refractivity contribution is -0.142. The monoisotopic (exact) mass is 371 g/mol. The zero-order valence-electron chi connectivity index (χ0n) is 11.7.